The summed E-state index contributed by atoms with van der Waals surface area (Å²) < 4.78 is 19.4. The third-order valence-corrected chi connectivity index (χ3v) is 4.41. The van der Waals surface area contributed by atoms with Crippen molar-refractivity contribution < 1.29 is 9.13 Å². The Bertz CT molecular complexity index is 641. The van der Waals surface area contributed by atoms with E-state index >= 15 is 0 Å². The van der Waals surface area contributed by atoms with Gasteiger partial charge < -0.3 is 4.74 Å². The Morgan fingerprint density at radius 2 is 2.00 bits per heavy atom. The summed E-state index contributed by atoms with van der Waals surface area (Å²) in [6, 6.07) is 0. The lowest BCUT2D eigenvalue weighted by Gasteiger charge is -2.12. The Morgan fingerprint density at radius 3 is 2.56 bits per heavy atom. The molecule has 1 heterocycles. The number of aromatic nitrogens is 2. The molecule has 0 bridgehead atoms. The highest BCUT2D eigenvalue weighted by atomic mass is 79.9. The molecule has 96 valence electrons. The molecule has 0 spiro atoms. The zero-order chi connectivity index (χ0) is 13.4. The van der Waals surface area contributed by atoms with Crippen molar-refractivity contribution in [3.63, 3.8) is 0 Å². The summed E-state index contributed by atoms with van der Waals surface area (Å²) in [6.07, 6.45) is 1.78. The molecule has 8 heteroatoms. The lowest BCUT2D eigenvalue weighted by atomic mass is 10.2. The van der Waals surface area contributed by atoms with E-state index in [4.69, 9.17) is 27.9 Å². The number of halogens is 4. The molecule has 0 aliphatic carbocycles. The van der Waals surface area contributed by atoms with Gasteiger partial charge in [0.2, 0.25) is 0 Å². The third kappa shape index (κ3) is 2.15. The van der Waals surface area contributed by atoms with Gasteiger partial charge in [0.1, 0.15) is 15.7 Å². The van der Waals surface area contributed by atoms with E-state index in [-0.39, 0.29) is 31.3 Å². The minimum atomic E-state index is -0.588. The van der Waals surface area contributed by atoms with Crippen LogP contribution in [0.5, 0.6) is 5.75 Å². The van der Waals surface area contributed by atoms with Gasteiger partial charge in [-0.15, -0.1) is 0 Å². The van der Waals surface area contributed by atoms with Crippen LogP contribution < -0.4 is 4.74 Å². The number of hydrogen-bond acceptors (Lipinski definition) is 4. The standard InChI is InChI=1S/C10H6BrCl2FN2OS/c1-17-8-3-7(6(14)4(11)5(8)12)15-10(18-2)16-9(3)13/h1-2H3. The lowest BCUT2D eigenvalue weighted by molar-refractivity contribution is 0.418. The quantitative estimate of drug-likeness (QED) is 0.335. The van der Waals surface area contributed by atoms with E-state index < -0.39 is 5.82 Å². The number of methoxy groups -OCH3 is 1. The lowest BCUT2D eigenvalue weighted by Crippen LogP contribution is -1.97. The fourth-order valence-corrected chi connectivity index (χ4v) is 2.76. The maximum atomic E-state index is 14.1. The van der Waals surface area contributed by atoms with Gasteiger partial charge in [-0.05, 0) is 22.2 Å². The van der Waals surface area contributed by atoms with E-state index in [1.807, 2.05) is 0 Å². The summed E-state index contributed by atoms with van der Waals surface area (Å²) in [5, 5.41) is 0.852. The summed E-state index contributed by atoms with van der Waals surface area (Å²) in [6.45, 7) is 0. The average molecular weight is 372 g/mol. The minimum Gasteiger partial charge on any atom is -0.494 e. The van der Waals surface area contributed by atoms with Crippen LogP contribution in [0.15, 0.2) is 9.63 Å². The van der Waals surface area contributed by atoms with Crippen molar-refractivity contribution in [2.45, 2.75) is 5.16 Å². The second-order valence-electron chi connectivity index (χ2n) is 3.20. The highest BCUT2D eigenvalue weighted by molar-refractivity contribution is 9.10. The van der Waals surface area contributed by atoms with Gasteiger partial charge in [-0.1, -0.05) is 35.0 Å². The van der Waals surface area contributed by atoms with Gasteiger partial charge in [-0.25, -0.2) is 14.4 Å². The zero-order valence-electron chi connectivity index (χ0n) is 9.22. The third-order valence-electron chi connectivity index (χ3n) is 2.25. The zero-order valence-corrected chi connectivity index (χ0v) is 13.1. The van der Waals surface area contributed by atoms with Crippen molar-refractivity contribution in [3.05, 3.63) is 20.5 Å². The number of hydrogen-bond donors (Lipinski definition) is 0. The first-order valence-corrected chi connectivity index (χ1v) is 7.40. The van der Waals surface area contributed by atoms with Gasteiger partial charge in [0.05, 0.1) is 17.0 Å². The van der Waals surface area contributed by atoms with Crippen LogP contribution in [0.4, 0.5) is 4.39 Å². The predicted molar refractivity (Wildman–Crippen MR) is 75.5 cm³/mol. The SMILES string of the molecule is COc1c(Cl)c(Br)c(F)c2nc(SC)nc(Cl)c12. The molecule has 0 aliphatic heterocycles. The number of rotatable bonds is 2. The molecule has 0 amide bonds. The number of thioether (sulfide) groups is 1. The van der Waals surface area contributed by atoms with E-state index in [1.54, 1.807) is 6.26 Å². The summed E-state index contributed by atoms with van der Waals surface area (Å²) in [7, 11) is 1.42. The van der Waals surface area contributed by atoms with Crippen molar-refractivity contribution in [1.29, 1.82) is 0 Å². The summed E-state index contributed by atoms with van der Waals surface area (Å²) >= 11 is 16.4. The molecule has 0 radical (unpaired) electrons. The van der Waals surface area contributed by atoms with E-state index in [0.29, 0.717) is 5.16 Å². The Hall–Kier alpha value is -0.300. The number of ether oxygens (including phenoxy) is 1. The van der Waals surface area contributed by atoms with Crippen LogP contribution in [0.1, 0.15) is 0 Å². The number of nitrogens with zero attached hydrogens (tertiary/aromatic N) is 2. The van der Waals surface area contributed by atoms with Crippen LogP contribution in [0.25, 0.3) is 10.9 Å². The molecule has 0 aliphatic rings. The van der Waals surface area contributed by atoms with Crippen LogP contribution in [-0.4, -0.2) is 23.3 Å². The van der Waals surface area contributed by atoms with Crippen LogP contribution in [-0.2, 0) is 0 Å². The molecule has 1 aromatic carbocycles. The molecule has 0 unspecified atom stereocenters. The van der Waals surface area contributed by atoms with Gasteiger partial charge in [-0.2, -0.15) is 0 Å². The maximum absolute atomic E-state index is 14.1. The normalized spacial score (nSPS) is 11.0. The van der Waals surface area contributed by atoms with Crippen molar-refractivity contribution in [3.8, 4) is 5.75 Å². The van der Waals surface area contributed by atoms with E-state index in [1.165, 1.54) is 18.9 Å². The van der Waals surface area contributed by atoms with Gasteiger partial charge in [-0.3, -0.25) is 0 Å². The highest BCUT2D eigenvalue weighted by Crippen LogP contribution is 2.43. The smallest absolute Gasteiger partial charge is 0.189 e. The molecule has 2 aromatic rings. The largest absolute Gasteiger partial charge is 0.494 e. The average Bonchev–Trinajstić information content (AvgIpc) is 2.37. The first-order chi connectivity index (χ1) is 8.51. The van der Waals surface area contributed by atoms with Crippen LogP contribution in [0, 0.1) is 5.82 Å². The van der Waals surface area contributed by atoms with Crippen molar-refractivity contribution in [1.82, 2.24) is 9.97 Å². The molecular weight excluding hydrogens is 366 g/mol. The molecule has 0 N–H and O–H groups in total. The van der Waals surface area contributed by atoms with Gasteiger partial charge in [0.15, 0.2) is 16.7 Å². The Kier molecular flexibility index (Phi) is 4.21. The monoisotopic (exact) mass is 370 g/mol. The first kappa shape index (κ1) is 14.1. The van der Waals surface area contributed by atoms with Crippen molar-refractivity contribution in [2.75, 3.05) is 13.4 Å². The second-order valence-corrected chi connectivity index (χ2v) is 5.50. The fourth-order valence-electron chi connectivity index (χ4n) is 1.47. The number of benzene rings is 1. The molecule has 18 heavy (non-hydrogen) atoms. The molecule has 1 aromatic heterocycles. The van der Waals surface area contributed by atoms with Gasteiger partial charge >= 0.3 is 0 Å². The molecule has 0 atom stereocenters. The van der Waals surface area contributed by atoms with Gasteiger partial charge in [0.25, 0.3) is 0 Å². The Morgan fingerprint density at radius 1 is 1.33 bits per heavy atom. The fraction of sp³-hybridized carbons (Fsp3) is 0.200. The summed E-state index contributed by atoms with van der Waals surface area (Å²) in [5.74, 6) is -0.340. The highest BCUT2D eigenvalue weighted by Gasteiger charge is 2.22. The van der Waals surface area contributed by atoms with E-state index in [9.17, 15) is 4.39 Å². The van der Waals surface area contributed by atoms with Gasteiger partial charge in [0, 0.05) is 0 Å². The summed E-state index contributed by atoms with van der Waals surface area (Å²) in [5.41, 5.74) is 0.0764. The van der Waals surface area contributed by atoms with Crippen LogP contribution >= 0.6 is 50.9 Å². The van der Waals surface area contributed by atoms with Crippen LogP contribution in [0.2, 0.25) is 10.2 Å². The van der Waals surface area contributed by atoms with Crippen molar-refractivity contribution >= 4 is 61.8 Å². The summed E-state index contributed by atoms with van der Waals surface area (Å²) in [4.78, 5) is 8.13. The predicted octanol–water partition coefficient (Wildman–Crippen LogP) is 4.57. The minimum absolute atomic E-state index is 0.0764. The second kappa shape index (κ2) is 5.36. The molecule has 0 saturated carbocycles. The molecule has 0 saturated heterocycles. The Balaban J connectivity index is 3.00. The molecule has 2 rings (SSSR count). The van der Waals surface area contributed by atoms with E-state index in [2.05, 4.69) is 25.9 Å². The van der Waals surface area contributed by atoms with E-state index in [0.717, 1.165) is 0 Å². The number of fused-ring (bicyclic) bond motifs is 1. The van der Waals surface area contributed by atoms with Crippen molar-refractivity contribution in [2.24, 2.45) is 0 Å². The topological polar surface area (TPSA) is 35.0 Å². The first-order valence-electron chi connectivity index (χ1n) is 4.63. The van der Waals surface area contributed by atoms with Crippen LogP contribution in [0.3, 0.4) is 0 Å². The molecule has 0 fully saturated rings. The molecule has 3 nitrogen and oxygen atoms in total. The molecular formula is C10H6BrCl2FN2OS. The Labute approximate surface area is 125 Å². The maximum Gasteiger partial charge on any atom is 0.189 e.